The van der Waals surface area contributed by atoms with E-state index in [-0.39, 0.29) is 0 Å². The third-order valence-electron chi connectivity index (χ3n) is 3.62. The van der Waals surface area contributed by atoms with Crippen molar-refractivity contribution in [3.05, 3.63) is 58.6 Å². The molecule has 7 nitrogen and oxygen atoms in total. The standard InChI is InChI=1S/C18H19Cl2NO6/c19-12-1-5-14(6-2-12)26-17(27-15-7-3-13(20)4-8-15)16(25)21-18(9-22,10-23)11-24/h1-8,17,22-24H,9-11H2,(H,21,25). The van der Waals surface area contributed by atoms with Crippen LogP contribution in [0.25, 0.3) is 0 Å². The van der Waals surface area contributed by atoms with Gasteiger partial charge in [0.25, 0.3) is 0 Å². The molecule has 1 amide bonds. The number of carbonyl (C=O) groups excluding carboxylic acids is 1. The summed E-state index contributed by atoms with van der Waals surface area (Å²) >= 11 is 11.7. The first-order chi connectivity index (χ1) is 12.9. The van der Waals surface area contributed by atoms with Gasteiger partial charge in [0.15, 0.2) is 0 Å². The van der Waals surface area contributed by atoms with Crippen LogP contribution in [0.2, 0.25) is 10.0 Å². The maximum atomic E-state index is 12.6. The average Bonchev–Trinajstić information content (AvgIpc) is 2.69. The Hall–Kier alpha value is -2.03. The summed E-state index contributed by atoms with van der Waals surface area (Å²) in [6.07, 6.45) is -1.48. The van der Waals surface area contributed by atoms with Crippen molar-refractivity contribution < 1.29 is 29.6 Å². The molecule has 0 unspecified atom stereocenters. The van der Waals surface area contributed by atoms with Gasteiger partial charge in [0, 0.05) is 10.0 Å². The Morgan fingerprint density at radius 1 is 0.852 bits per heavy atom. The predicted molar refractivity (Wildman–Crippen MR) is 100 cm³/mol. The van der Waals surface area contributed by atoms with Crippen molar-refractivity contribution >= 4 is 29.1 Å². The molecule has 0 saturated heterocycles. The largest absolute Gasteiger partial charge is 0.446 e. The van der Waals surface area contributed by atoms with Gasteiger partial charge in [-0.05, 0) is 48.5 Å². The Morgan fingerprint density at radius 3 is 1.56 bits per heavy atom. The van der Waals surface area contributed by atoms with Crippen LogP contribution in [-0.4, -0.2) is 52.9 Å². The molecule has 27 heavy (non-hydrogen) atoms. The lowest BCUT2D eigenvalue weighted by Gasteiger charge is -2.30. The van der Waals surface area contributed by atoms with E-state index in [1.807, 2.05) is 0 Å². The fourth-order valence-electron chi connectivity index (χ4n) is 1.99. The van der Waals surface area contributed by atoms with Crippen LogP contribution in [0.15, 0.2) is 48.5 Å². The van der Waals surface area contributed by atoms with Gasteiger partial charge >= 0.3 is 12.2 Å². The second-order valence-electron chi connectivity index (χ2n) is 5.72. The highest BCUT2D eigenvalue weighted by atomic mass is 35.5. The van der Waals surface area contributed by atoms with Gasteiger partial charge in [0.2, 0.25) is 0 Å². The maximum absolute atomic E-state index is 12.6. The molecule has 2 rings (SSSR count). The van der Waals surface area contributed by atoms with E-state index in [0.717, 1.165) is 0 Å². The zero-order valence-corrected chi connectivity index (χ0v) is 15.7. The van der Waals surface area contributed by atoms with E-state index in [1.54, 1.807) is 48.5 Å². The Morgan fingerprint density at radius 2 is 1.22 bits per heavy atom. The summed E-state index contributed by atoms with van der Waals surface area (Å²) in [5.41, 5.74) is -1.62. The highest BCUT2D eigenvalue weighted by Crippen LogP contribution is 2.21. The predicted octanol–water partition coefficient (Wildman–Crippen LogP) is 1.61. The van der Waals surface area contributed by atoms with E-state index in [4.69, 9.17) is 32.7 Å². The van der Waals surface area contributed by atoms with Gasteiger partial charge in [-0.2, -0.15) is 0 Å². The Labute approximate surface area is 166 Å². The molecule has 0 heterocycles. The van der Waals surface area contributed by atoms with Crippen LogP contribution in [0.1, 0.15) is 0 Å². The highest BCUT2D eigenvalue weighted by molar-refractivity contribution is 6.30. The number of halogens is 2. The summed E-state index contributed by atoms with van der Waals surface area (Å²) in [6.45, 7) is -2.04. The minimum absolute atomic E-state index is 0.302. The number of hydrogen-bond acceptors (Lipinski definition) is 6. The minimum atomic E-state index is -1.62. The molecule has 2 aromatic rings. The molecule has 0 fully saturated rings. The van der Waals surface area contributed by atoms with E-state index in [2.05, 4.69) is 5.32 Å². The summed E-state index contributed by atoms with van der Waals surface area (Å²) in [6, 6.07) is 12.5. The Balaban J connectivity index is 2.22. The lowest BCUT2D eigenvalue weighted by molar-refractivity contribution is -0.144. The minimum Gasteiger partial charge on any atom is -0.446 e. The number of aliphatic hydroxyl groups is 3. The van der Waals surface area contributed by atoms with E-state index < -0.39 is 37.6 Å². The normalized spacial score (nSPS) is 11.3. The topological polar surface area (TPSA) is 108 Å². The quantitative estimate of drug-likeness (QED) is 0.463. The molecular weight excluding hydrogens is 397 g/mol. The van der Waals surface area contributed by atoms with Crippen molar-refractivity contribution in [3.8, 4) is 11.5 Å². The number of nitrogens with one attached hydrogen (secondary N) is 1. The molecule has 0 aliphatic carbocycles. The van der Waals surface area contributed by atoms with Crippen LogP contribution >= 0.6 is 23.2 Å². The summed E-state index contributed by atoms with van der Waals surface area (Å²) < 4.78 is 11.1. The number of ether oxygens (including phenoxy) is 2. The number of aliphatic hydroxyl groups excluding tert-OH is 3. The fourth-order valence-corrected chi connectivity index (χ4v) is 2.25. The lowest BCUT2D eigenvalue weighted by atomic mass is 10.0. The SMILES string of the molecule is O=C(NC(CO)(CO)CO)C(Oc1ccc(Cl)cc1)Oc1ccc(Cl)cc1. The molecule has 4 N–H and O–H groups in total. The summed E-state index contributed by atoms with van der Waals surface area (Å²) in [4.78, 5) is 12.6. The number of hydrogen-bond donors (Lipinski definition) is 4. The van der Waals surface area contributed by atoms with Gasteiger partial charge in [-0.1, -0.05) is 23.2 Å². The number of benzene rings is 2. The average molecular weight is 416 g/mol. The number of amides is 1. The third kappa shape index (κ3) is 5.98. The van der Waals surface area contributed by atoms with Gasteiger partial charge in [-0.3, -0.25) is 4.79 Å². The first kappa shape index (κ1) is 21.3. The molecule has 0 spiro atoms. The molecule has 0 radical (unpaired) electrons. The molecule has 0 atom stereocenters. The zero-order chi connectivity index (χ0) is 19.9. The molecule has 9 heteroatoms. The molecule has 0 saturated carbocycles. The molecule has 146 valence electrons. The van der Waals surface area contributed by atoms with Crippen LogP contribution in [0, 0.1) is 0 Å². The number of carbonyl (C=O) groups is 1. The van der Waals surface area contributed by atoms with Gasteiger partial charge in [0.05, 0.1) is 19.8 Å². The smallest absolute Gasteiger partial charge is 0.321 e. The summed E-state index contributed by atoms with van der Waals surface area (Å²) in [5, 5.41) is 31.5. The zero-order valence-electron chi connectivity index (χ0n) is 14.1. The van der Waals surface area contributed by atoms with Crippen molar-refractivity contribution in [2.24, 2.45) is 0 Å². The fraction of sp³-hybridized carbons (Fsp3) is 0.278. The maximum Gasteiger partial charge on any atom is 0.321 e. The third-order valence-corrected chi connectivity index (χ3v) is 4.13. The van der Waals surface area contributed by atoms with Crippen molar-refractivity contribution in [1.29, 1.82) is 0 Å². The molecule has 0 aromatic heterocycles. The summed E-state index contributed by atoms with van der Waals surface area (Å²) in [7, 11) is 0. The van der Waals surface area contributed by atoms with Crippen LogP contribution < -0.4 is 14.8 Å². The van der Waals surface area contributed by atoms with Gasteiger partial charge in [-0.25, -0.2) is 0 Å². The van der Waals surface area contributed by atoms with Crippen LogP contribution in [-0.2, 0) is 4.79 Å². The van der Waals surface area contributed by atoms with Crippen LogP contribution in [0.4, 0.5) is 0 Å². The highest BCUT2D eigenvalue weighted by Gasteiger charge is 2.34. The van der Waals surface area contributed by atoms with E-state index in [1.165, 1.54) is 0 Å². The Kier molecular flexibility index (Phi) is 7.70. The summed E-state index contributed by atoms with van der Waals surface area (Å²) in [5.74, 6) is -0.204. The molecular formula is C18H19Cl2NO6. The second-order valence-corrected chi connectivity index (χ2v) is 6.59. The van der Waals surface area contributed by atoms with Crippen molar-refractivity contribution in [3.63, 3.8) is 0 Å². The van der Waals surface area contributed by atoms with Crippen LogP contribution in [0.5, 0.6) is 11.5 Å². The molecule has 0 aliphatic heterocycles. The molecule has 2 aromatic carbocycles. The second kappa shape index (κ2) is 9.77. The Bertz CT molecular complexity index is 679. The van der Waals surface area contributed by atoms with Crippen molar-refractivity contribution in [1.82, 2.24) is 5.32 Å². The monoisotopic (exact) mass is 415 g/mol. The van der Waals surface area contributed by atoms with E-state index in [0.29, 0.717) is 21.5 Å². The van der Waals surface area contributed by atoms with Crippen LogP contribution in [0.3, 0.4) is 0 Å². The molecule has 0 aliphatic rings. The van der Waals surface area contributed by atoms with E-state index >= 15 is 0 Å². The van der Waals surface area contributed by atoms with Gasteiger partial charge in [0.1, 0.15) is 17.0 Å². The van der Waals surface area contributed by atoms with Crippen molar-refractivity contribution in [2.45, 2.75) is 11.8 Å². The van der Waals surface area contributed by atoms with Gasteiger partial charge < -0.3 is 30.1 Å². The lowest BCUT2D eigenvalue weighted by Crippen LogP contribution is -2.60. The van der Waals surface area contributed by atoms with E-state index in [9.17, 15) is 20.1 Å². The van der Waals surface area contributed by atoms with Gasteiger partial charge in [-0.15, -0.1) is 0 Å². The number of rotatable bonds is 9. The molecule has 0 bridgehead atoms. The first-order valence-electron chi connectivity index (χ1n) is 7.90. The first-order valence-corrected chi connectivity index (χ1v) is 8.66. The van der Waals surface area contributed by atoms with Crippen molar-refractivity contribution in [2.75, 3.05) is 19.8 Å².